The molecule has 1 atom stereocenters. The van der Waals surface area contributed by atoms with Gasteiger partial charge in [0.1, 0.15) is 5.75 Å². The van der Waals surface area contributed by atoms with Gasteiger partial charge in [-0.2, -0.15) is 26.3 Å². The maximum atomic E-state index is 12.9. The third-order valence-corrected chi connectivity index (χ3v) is 3.49. The molecule has 10 heteroatoms. The van der Waals surface area contributed by atoms with E-state index in [9.17, 15) is 36.2 Å². The molecule has 0 aromatic heterocycles. The lowest BCUT2D eigenvalue weighted by atomic mass is 9.89. The first-order valence-electron chi connectivity index (χ1n) is 6.43. The minimum Gasteiger partial charge on any atom is -0.496 e. The Hall–Kier alpha value is -1.97. The van der Waals surface area contributed by atoms with Gasteiger partial charge in [-0.1, -0.05) is 12.1 Å². The zero-order valence-corrected chi connectivity index (χ0v) is 12.7. The van der Waals surface area contributed by atoms with Gasteiger partial charge in [-0.3, -0.25) is 4.79 Å². The van der Waals surface area contributed by atoms with Gasteiger partial charge >= 0.3 is 18.3 Å². The predicted octanol–water partition coefficient (Wildman–Crippen LogP) is 3.28. The van der Waals surface area contributed by atoms with Crippen molar-refractivity contribution >= 4 is 5.97 Å². The van der Waals surface area contributed by atoms with Gasteiger partial charge in [-0.25, -0.2) is 0 Å². The molecule has 0 radical (unpaired) electrons. The van der Waals surface area contributed by atoms with Gasteiger partial charge in [0, 0.05) is 11.1 Å². The number of carbonyl (C=O) groups excluding carboxylic acids is 1. The van der Waals surface area contributed by atoms with Crippen LogP contribution in [-0.2, 0) is 15.1 Å². The van der Waals surface area contributed by atoms with E-state index in [-0.39, 0.29) is 5.56 Å². The number of rotatable bonds is 4. The topological polar surface area (TPSA) is 55.8 Å². The Morgan fingerprint density at radius 3 is 1.96 bits per heavy atom. The molecule has 0 saturated heterocycles. The minimum absolute atomic E-state index is 0.0137. The number of alkyl halides is 6. The number of hydrogen-bond acceptors (Lipinski definition) is 4. The minimum atomic E-state index is -6.01. The maximum Gasteiger partial charge on any atom is 0.430 e. The summed E-state index contributed by atoms with van der Waals surface area (Å²) < 4.78 is 86.5. The fourth-order valence-corrected chi connectivity index (χ4v) is 2.09. The highest BCUT2D eigenvalue weighted by molar-refractivity contribution is 5.78. The molecule has 0 bridgehead atoms. The van der Waals surface area contributed by atoms with Gasteiger partial charge in [-0.15, -0.1) is 0 Å². The van der Waals surface area contributed by atoms with Gasteiger partial charge in [0.15, 0.2) is 0 Å². The number of benzene rings is 1. The summed E-state index contributed by atoms with van der Waals surface area (Å²) >= 11 is 0. The van der Waals surface area contributed by atoms with Crippen LogP contribution in [0.4, 0.5) is 26.3 Å². The Balaban J connectivity index is 3.54. The highest BCUT2D eigenvalue weighted by Crippen LogP contribution is 2.51. The molecule has 4 nitrogen and oxygen atoms in total. The number of hydrogen-bond donors (Lipinski definition) is 1. The molecular weight excluding hydrogens is 346 g/mol. The van der Waals surface area contributed by atoms with Crippen molar-refractivity contribution in [3.05, 3.63) is 29.3 Å². The van der Waals surface area contributed by atoms with Crippen molar-refractivity contribution in [2.75, 3.05) is 14.2 Å². The van der Waals surface area contributed by atoms with Crippen molar-refractivity contribution in [3.8, 4) is 5.75 Å². The lowest BCUT2D eigenvalue weighted by molar-refractivity contribution is -0.376. The number of methoxy groups -OCH3 is 2. The van der Waals surface area contributed by atoms with Crippen LogP contribution < -0.4 is 4.74 Å². The summed E-state index contributed by atoms with van der Waals surface area (Å²) in [6.45, 7) is 1.34. The molecule has 0 aliphatic heterocycles. The lowest BCUT2D eigenvalue weighted by Crippen LogP contribution is -2.53. The molecule has 0 amide bonds. The molecule has 1 aromatic rings. The van der Waals surface area contributed by atoms with Gasteiger partial charge in [-0.05, 0) is 13.0 Å². The van der Waals surface area contributed by atoms with E-state index in [1.54, 1.807) is 0 Å². The molecule has 0 aliphatic carbocycles. The maximum absolute atomic E-state index is 12.9. The second-order valence-electron chi connectivity index (χ2n) is 4.91. The number of aliphatic hydroxyl groups is 1. The van der Waals surface area contributed by atoms with Crippen molar-refractivity contribution in [2.24, 2.45) is 0 Å². The Morgan fingerprint density at radius 2 is 1.58 bits per heavy atom. The summed E-state index contributed by atoms with van der Waals surface area (Å²) in [5.74, 6) is -2.18. The summed E-state index contributed by atoms with van der Waals surface area (Å²) in [6.07, 6.45) is -12.0. The molecule has 24 heavy (non-hydrogen) atoms. The van der Waals surface area contributed by atoms with Crippen LogP contribution in [-0.4, -0.2) is 37.6 Å². The van der Waals surface area contributed by atoms with E-state index in [0.29, 0.717) is 12.1 Å². The van der Waals surface area contributed by atoms with E-state index >= 15 is 0 Å². The fraction of sp³-hybridized carbons (Fsp3) is 0.500. The van der Waals surface area contributed by atoms with Crippen LogP contribution in [0, 0.1) is 0 Å². The van der Waals surface area contributed by atoms with Crippen molar-refractivity contribution < 1.29 is 45.7 Å². The van der Waals surface area contributed by atoms with Crippen LogP contribution in [0.2, 0.25) is 0 Å². The first-order valence-corrected chi connectivity index (χ1v) is 6.43. The standard InChI is InChI=1S/C14H14F6O4/c1-7(11(21)24-3)9-5-4-8(6-10(9)23-2)12(22,13(15,16)17)14(18,19)20/h4-7,22H,1-3H3. The van der Waals surface area contributed by atoms with Gasteiger partial charge in [0.05, 0.1) is 20.1 Å². The van der Waals surface area contributed by atoms with Crippen LogP contribution in [0.1, 0.15) is 24.0 Å². The van der Waals surface area contributed by atoms with Crippen molar-refractivity contribution in [3.63, 3.8) is 0 Å². The Kier molecular flexibility index (Phi) is 5.44. The van der Waals surface area contributed by atoms with Crippen molar-refractivity contribution in [1.29, 1.82) is 0 Å². The average molecular weight is 360 g/mol. The number of carbonyl (C=O) groups is 1. The zero-order chi connectivity index (χ0) is 18.9. The second-order valence-corrected chi connectivity index (χ2v) is 4.91. The SMILES string of the molecule is COC(=O)C(C)c1ccc(C(O)(C(F)(F)F)C(F)(F)F)cc1OC. The van der Waals surface area contributed by atoms with Crippen LogP contribution in [0.5, 0.6) is 5.75 Å². The molecule has 136 valence electrons. The number of halogens is 6. The smallest absolute Gasteiger partial charge is 0.430 e. The van der Waals surface area contributed by atoms with Crippen LogP contribution in [0.15, 0.2) is 18.2 Å². The van der Waals surface area contributed by atoms with E-state index in [2.05, 4.69) is 4.74 Å². The molecule has 0 saturated carbocycles. The Labute approximate surface area is 133 Å². The largest absolute Gasteiger partial charge is 0.496 e. The fourth-order valence-electron chi connectivity index (χ4n) is 2.09. The predicted molar refractivity (Wildman–Crippen MR) is 69.4 cm³/mol. The van der Waals surface area contributed by atoms with Crippen LogP contribution in [0.25, 0.3) is 0 Å². The van der Waals surface area contributed by atoms with Gasteiger partial charge in [0.2, 0.25) is 0 Å². The summed E-state index contributed by atoms with van der Waals surface area (Å²) in [6, 6.07) is 1.69. The normalized spacial score (nSPS) is 14.2. The molecule has 1 aromatic carbocycles. The van der Waals surface area contributed by atoms with Crippen molar-refractivity contribution in [2.45, 2.75) is 30.8 Å². The molecular formula is C14H14F6O4. The van der Waals surface area contributed by atoms with E-state index in [4.69, 9.17) is 4.74 Å². The van der Waals surface area contributed by atoms with E-state index in [1.165, 1.54) is 6.92 Å². The van der Waals surface area contributed by atoms with Gasteiger partial charge < -0.3 is 14.6 Å². The lowest BCUT2D eigenvalue weighted by Gasteiger charge is -2.33. The average Bonchev–Trinajstić information content (AvgIpc) is 2.49. The van der Waals surface area contributed by atoms with Crippen LogP contribution >= 0.6 is 0 Å². The highest BCUT2D eigenvalue weighted by Gasteiger charge is 2.71. The van der Waals surface area contributed by atoms with Gasteiger partial charge in [0.25, 0.3) is 5.60 Å². The van der Waals surface area contributed by atoms with E-state index in [0.717, 1.165) is 20.3 Å². The zero-order valence-electron chi connectivity index (χ0n) is 12.7. The monoisotopic (exact) mass is 360 g/mol. The number of ether oxygens (including phenoxy) is 2. The molecule has 0 fully saturated rings. The third kappa shape index (κ3) is 3.28. The summed E-state index contributed by atoms with van der Waals surface area (Å²) in [5, 5.41) is 9.36. The Morgan fingerprint density at radius 1 is 1.08 bits per heavy atom. The molecule has 1 unspecified atom stereocenters. The summed E-state index contributed by atoms with van der Waals surface area (Å²) in [7, 11) is 2.08. The molecule has 0 spiro atoms. The second kappa shape index (κ2) is 6.50. The van der Waals surface area contributed by atoms with Crippen molar-refractivity contribution in [1.82, 2.24) is 0 Å². The number of esters is 1. The quantitative estimate of drug-likeness (QED) is 0.661. The molecule has 1 N–H and O–H groups in total. The molecule has 1 rings (SSSR count). The molecule has 0 aliphatic rings. The Bertz CT molecular complexity index is 594. The molecule has 0 heterocycles. The summed E-state index contributed by atoms with van der Waals surface area (Å²) in [5.41, 5.74) is -6.53. The third-order valence-electron chi connectivity index (χ3n) is 3.49. The van der Waals surface area contributed by atoms with Crippen LogP contribution in [0.3, 0.4) is 0 Å². The highest BCUT2D eigenvalue weighted by atomic mass is 19.4. The van der Waals surface area contributed by atoms with E-state index in [1.807, 2.05) is 0 Å². The van der Waals surface area contributed by atoms with E-state index < -0.39 is 41.2 Å². The first-order chi connectivity index (χ1) is 10.8. The summed E-state index contributed by atoms with van der Waals surface area (Å²) in [4.78, 5) is 11.5. The first kappa shape index (κ1) is 20.1.